The predicted octanol–water partition coefficient (Wildman–Crippen LogP) is 2.93. The molecule has 0 unspecified atom stereocenters. The molecule has 112 valence electrons. The number of sulfone groups is 1. The molecule has 1 N–H and O–H groups in total. The van der Waals surface area contributed by atoms with Crippen LogP contribution in [0.4, 0.5) is 5.82 Å². The average molecular weight is 346 g/mol. The Morgan fingerprint density at radius 3 is 2.62 bits per heavy atom. The first-order valence-corrected chi connectivity index (χ1v) is 9.00. The molecular weight excluding hydrogens is 333 g/mol. The normalized spacial score (nSPS) is 20.8. The first-order valence-electron chi connectivity index (χ1n) is 6.53. The highest BCUT2D eigenvalue weighted by atomic mass is 35.5. The highest BCUT2D eigenvalue weighted by Gasteiger charge is 2.30. The summed E-state index contributed by atoms with van der Waals surface area (Å²) >= 11 is 11.9. The van der Waals surface area contributed by atoms with Crippen molar-refractivity contribution < 1.29 is 8.42 Å². The molecule has 1 fully saturated rings. The maximum absolute atomic E-state index is 11.8. The summed E-state index contributed by atoms with van der Waals surface area (Å²) < 4.78 is 23.5. The number of benzene rings is 1. The molecule has 2 aromatic rings. The predicted molar refractivity (Wildman–Crippen MR) is 84.9 cm³/mol. The van der Waals surface area contributed by atoms with Crippen molar-refractivity contribution in [1.29, 1.82) is 0 Å². The summed E-state index contributed by atoms with van der Waals surface area (Å²) in [5, 5.41) is 3.53. The third-order valence-electron chi connectivity index (χ3n) is 3.56. The van der Waals surface area contributed by atoms with Crippen molar-refractivity contribution in [2.45, 2.75) is 18.1 Å². The molecule has 0 bridgehead atoms. The van der Waals surface area contributed by atoms with Gasteiger partial charge in [-0.25, -0.2) is 13.4 Å². The van der Waals surface area contributed by atoms with Crippen LogP contribution in [0.15, 0.2) is 18.3 Å². The SMILES string of the molecule is O=S1(=O)CCC[C@@H]1CNc1cnc2cc(Cl)c(Cl)cc2n1. The summed E-state index contributed by atoms with van der Waals surface area (Å²) in [5.41, 5.74) is 1.26. The van der Waals surface area contributed by atoms with Crippen molar-refractivity contribution in [1.82, 2.24) is 9.97 Å². The van der Waals surface area contributed by atoms with Gasteiger partial charge in [0, 0.05) is 6.54 Å². The molecule has 1 aliphatic heterocycles. The number of nitrogens with zero attached hydrogens (tertiary/aromatic N) is 2. The van der Waals surface area contributed by atoms with Gasteiger partial charge >= 0.3 is 0 Å². The minimum absolute atomic E-state index is 0.275. The maximum atomic E-state index is 11.8. The molecule has 0 radical (unpaired) electrons. The summed E-state index contributed by atoms with van der Waals surface area (Å²) in [7, 11) is -2.96. The lowest BCUT2D eigenvalue weighted by Crippen LogP contribution is -2.25. The Bertz CT molecular complexity index is 795. The van der Waals surface area contributed by atoms with Gasteiger partial charge in [0.25, 0.3) is 0 Å². The van der Waals surface area contributed by atoms with E-state index in [0.717, 1.165) is 6.42 Å². The molecule has 8 heteroatoms. The van der Waals surface area contributed by atoms with Crippen LogP contribution in [-0.2, 0) is 9.84 Å². The average Bonchev–Trinajstić information content (AvgIpc) is 2.77. The van der Waals surface area contributed by atoms with E-state index < -0.39 is 9.84 Å². The Balaban J connectivity index is 1.80. The van der Waals surface area contributed by atoms with E-state index in [1.165, 1.54) is 0 Å². The molecule has 1 aliphatic rings. The van der Waals surface area contributed by atoms with Crippen LogP contribution in [-0.4, -0.2) is 35.9 Å². The number of fused-ring (bicyclic) bond motifs is 1. The van der Waals surface area contributed by atoms with E-state index in [4.69, 9.17) is 23.2 Å². The first kappa shape index (κ1) is 14.8. The van der Waals surface area contributed by atoms with Gasteiger partial charge < -0.3 is 5.32 Å². The number of nitrogens with one attached hydrogen (secondary N) is 1. The lowest BCUT2D eigenvalue weighted by Gasteiger charge is -2.11. The molecule has 3 rings (SSSR count). The molecule has 0 saturated carbocycles. The number of anilines is 1. The van der Waals surface area contributed by atoms with Gasteiger partial charge in [-0.2, -0.15) is 0 Å². The minimum Gasteiger partial charge on any atom is -0.367 e. The van der Waals surface area contributed by atoms with Crippen molar-refractivity contribution in [2.75, 3.05) is 17.6 Å². The van der Waals surface area contributed by atoms with Gasteiger partial charge in [-0.05, 0) is 25.0 Å². The Morgan fingerprint density at radius 2 is 1.95 bits per heavy atom. The smallest absolute Gasteiger partial charge is 0.154 e. The van der Waals surface area contributed by atoms with Gasteiger partial charge in [0.05, 0.1) is 38.3 Å². The summed E-state index contributed by atoms with van der Waals surface area (Å²) in [5.74, 6) is 0.805. The van der Waals surface area contributed by atoms with E-state index in [0.29, 0.717) is 39.9 Å². The number of hydrogen-bond acceptors (Lipinski definition) is 5. The molecule has 1 saturated heterocycles. The van der Waals surface area contributed by atoms with Gasteiger partial charge in [0.2, 0.25) is 0 Å². The molecule has 2 heterocycles. The summed E-state index contributed by atoms with van der Waals surface area (Å²) in [4.78, 5) is 8.62. The van der Waals surface area contributed by atoms with Crippen LogP contribution in [0.5, 0.6) is 0 Å². The third kappa shape index (κ3) is 3.07. The Morgan fingerprint density at radius 1 is 1.24 bits per heavy atom. The fourth-order valence-corrected chi connectivity index (χ4v) is 4.48. The number of aromatic nitrogens is 2. The minimum atomic E-state index is -2.96. The molecule has 0 aliphatic carbocycles. The highest BCUT2D eigenvalue weighted by Crippen LogP contribution is 2.26. The number of halogens is 2. The van der Waals surface area contributed by atoms with Crippen LogP contribution in [0.25, 0.3) is 11.0 Å². The summed E-state index contributed by atoms with van der Waals surface area (Å²) in [6.45, 7) is 0.351. The lowest BCUT2D eigenvalue weighted by atomic mass is 10.2. The van der Waals surface area contributed by atoms with E-state index in [2.05, 4.69) is 15.3 Å². The molecule has 1 aromatic heterocycles. The highest BCUT2D eigenvalue weighted by molar-refractivity contribution is 7.92. The van der Waals surface area contributed by atoms with E-state index in [-0.39, 0.29) is 11.0 Å². The van der Waals surface area contributed by atoms with Crippen molar-refractivity contribution in [3.63, 3.8) is 0 Å². The lowest BCUT2D eigenvalue weighted by molar-refractivity contribution is 0.591. The van der Waals surface area contributed by atoms with Gasteiger partial charge in [0.15, 0.2) is 9.84 Å². The molecule has 0 spiro atoms. The van der Waals surface area contributed by atoms with Crippen molar-refractivity contribution in [3.05, 3.63) is 28.4 Å². The van der Waals surface area contributed by atoms with E-state index >= 15 is 0 Å². The van der Waals surface area contributed by atoms with Crippen LogP contribution in [0.3, 0.4) is 0 Å². The molecule has 1 aromatic carbocycles. The fraction of sp³-hybridized carbons (Fsp3) is 0.385. The Kier molecular flexibility index (Phi) is 3.94. The number of rotatable bonds is 3. The summed E-state index contributed by atoms with van der Waals surface area (Å²) in [6, 6.07) is 3.29. The van der Waals surface area contributed by atoms with E-state index in [1.54, 1.807) is 18.3 Å². The van der Waals surface area contributed by atoms with Crippen molar-refractivity contribution in [2.24, 2.45) is 0 Å². The molecule has 0 amide bonds. The Labute approximate surface area is 132 Å². The van der Waals surface area contributed by atoms with Gasteiger partial charge in [-0.3, -0.25) is 4.98 Å². The molecule has 1 atom stereocenters. The topological polar surface area (TPSA) is 72.0 Å². The van der Waals surface area contributed by atoms with Crippen LogP contribution >= 0.6 is 23.2 Å². The van der Waals surface area contributed by atoms with Gasteiger partial charge in [0.1, 0.15) is 5.82 Å². The zero-order valence-electron chi connectivity index (χ0n) is 11.0. The zero-order chi connectivity index (χ0) is 15.0. The van der Waals surface area contributed by atoms with Crippen LogP contribution in [0.2, 0.25) is 10.0 Å². The van der Waals surface area contributed by atoms with Crippen LogP contribution in [0.1, 0.15) is 12.8 Å². The van der Waals surface area contributed by atoms with Gasteiger partial charge in [-0.1, -0.05) is 23.2 Å². The van der Waals surface area contributed by atoms with E-state index in [9.17, 15) is 8.42 Å². The van der Waals surface area contributed by atoms with Crippen molar-refractivity contribution in [3.8, 4) is 0 Å². The monoisotopic (exact) mass is 345 g/mol. The second-order valence-corrected chi connectivity index (χ2v) is 8.24. The van der Waals surface area contributed by atoms with E-state index in [1.807, 2.05) is 0 Å². The maximum Gasteiger partial charge on any atom is 0.154 e. The van der Waals surface area contributed by atoms with Crippen LogP contribution in [0, 0.1) is 0 Å². The molecule has 5 nitrogen and oxygen atoms in total. The quantitative estimate of drug-likeness (QED) is 0.925. The third-order valence-corrected chi connectivity index (χ3v) is 6.56. The van der Waals surface area contributed by atoms with Crippen LogP contribution < -0.4 is 5.32 Å². The standard InChI is InChI=1S/C13H13Cl2N3O2S/c14-9-4-11-12(5-10(9)15)18-13(7-16-11)17-6-8-2-1-3-21(8,19)20/h4-5,7-8H,1-3,6H2,(H,17,18)/t8-/m1/s1. The zero-order valence-corrected chi connectivity index (χ0v) is 13.3. The first-order chi connectivity index (χ1) is 9.95. The fourth-order valence-electron chi connectivity index (χ4n) is 2.40. The Hall–Kier alpha value is -1.11. The number of hydrogen-bond donors (Lipinski definition) is 1. The van der Waals surface area contributed by atoms with Gasteiger partial charge in [-0.15, -0.1) is 0 Å². The summed E-state index contributed by atoms with van der Waals surface area (Å²) in [6.07, 6.45) is 2.98. The molecule has 21 heavy (non-hydrogen) atoms. The molecular formula is C13H13Cl2N3O2S. The second-order valence-electron chi connectivity index (χ2n) is 5.02. The largest absolute Gasteiger partial charge is 0.367 e. The van der Waals surface area contributed by atoms with Crippen molar-refractivity contribution >= 4 is 49.9 Å². The second kappa shape index (κ2) is 5.59.